The normalized spacial score (nSPS) is 29.8. The van der Waals surface area contributed by atoms with Crippen molar-refractivity contribution in [1.29, 1.82) is 0 Å². The van der Waals surface area contributed by atoms with Crippen LogP contribution in [0.15, 0.2) is 30.3 Å². The molecule has 2 aliphatic rings. The zero-order valence-electron chi connectivity index (χ0n) is 12.9. The fraction of sp³-hybridized carbons (Fsp3) is 0.684. The lowest BCUT2D eigenvalue weighted by Crippen LogP contribution is -2.33. The molecule has 0 bridgehead atoms. The van der Waals surface area contributed by atoms with Crippen molar-refractivity contribution < 1.29 is 0 Å². The highest BCUT2D eigenvalue weighted by Gasteiger charge is 2.53. The Kier molecular flexibility index (Phi) is 4.77. The zero-order chi connectivity index (χ0) is 13.8. The van der Waals surface area contributed by atoms with Crippen LogP contribution in [0.5, 0.6) is 0 Å². The lowest BCUT2D eigenvalue weighted by atomic mass is 9.99. The highest BCUT2D eigenvalue weighted by Crippen LogP contribution is 2.57. The van der Waals surface area contributed by atoms with Gasteiger partial charge in [-0.05, 0) is 62.0 Å². The first-order chi connectivity index (χ1) is 9.90. The Morgan fingerprint density at radius 1 is 1.10 bits per heavy atom. The third-order valence-corrected chi connectivity index (χ3v) is 5.43. The Bertz CT molecular complexity index is 387. The van der Waals surface area contributed by atoms with Crippen LogP contribution >= 0.6 is 0 Å². The third-order valence-electron chi connectivity index (χ3n) is 5.43. The predicted octanol–water partition coefficient (Wildman–Crippen LogP) is 4.42. The molecule has 3 unspecified atom stereocenters. The van der Waals surface area contributed by atoms with Crippen molar-refractivity contribution >= 4 is 0 Å². The molecule has 1 aromatic rings. The van der Waals surface area contributed by atoms with E-state index >= 15 is 0 Å². The molecule has 1 nitrogen and oxygen atoms in total. The van der Waals surface area contributed by atoms with E-state index in [0.29, 0.717) is 0 Å². The summed E-state index contributed by atoms with van der Waals surface area (Å²) in [6.45, 7) is 3.47. The van der Waals surface area contributed by atoms with E-state index in [1.165, 1.54) is 57.1 Å². The van der Waals surface area contributed by atoms with Crippen LogP contribution in [0.4, 0.5) is 0 Å². The van der Waals surface area contributed by atoms with Gasteiger partial charge in [-0.2, -0.15) is 0 Å². The van der Waals surface area contributed by atoms with Crippen molar-refractivity contribution in [2.45, 2.75) is 57.9 Å². The van der Waals surface area contributed by atoms with E-state index in [4.69, 9.17) is 0 Å². The molecule has 0 amide bonds. The number of hydrogen-bond donors (Lipinski definition) is 1. The molecule has 2 fully saturated rings. The van der Waals surface area contributed by atoms with E-state index in [1.54, 1.807) is 0 Å². The maximum Gasteiger partial charge on any atom is 0.0104 e. The summed E-state index contributed by atoms with van der Waals surface area (Å²) in [7, 11) is 0. The smallest absolute Gasteiger partial charge is 0.0104 e. The molecule has 3 atom stereocenters. The Hall–Kier alpha value is -0.820. The number of aryl methyl sites for hydroxylation is 1. The first-order valence-electron chi connectivity index (χ1n) is 8.67. The molecule has 0 radical (unpaired) electrons. The van der Waals surface area contributed by atoms with Crippen molar-refractivity contribution in [3.05, 3.63) is 35.9 Å². The second-order valence-corrected chi connectivity index (χ2v) is 6.77. The summed E-state index contributed by atoms with van der Waals surface area (Å²) < 4.78 is 0. The molecule has 1 N–H and O–H groups in total. The molecule has 110 valence electrons. The average molecular weight is 271 g/mol. The number of fused-ring (bicyclic) bond motifs is 1. The number of rotatable bonds is 7. The molecular formula is C19H29N. The summed E-state index contributed by atoms with van der Waals surface area (Å²) in [5.74, 6) is 3.12. The summed E-state index contributed by atoms with van der Waals surface area (Å²) in [6.07, 6.45) is 9.79. The lowest BCUT2D eigenvalue weighted by Gasteiger charge is -2.19. The Morgan fingerprint density at radius 3 is 2.45 bits per heavy atom. The second-order valence-electron chi connectivity index (χ2n) is 6.77. The molecule has 1 aromatic carbocycles. The number of benzene rings is 1. The molecule has 0 aromatic heterocycles. The van der Waals surface area contributed by atoms with Gasteiger partial charge in [0.25, 0.3) is 0 Å². The first kappa shape index (κ1) is 14.1. The van der Waals surface area contributed by atoms with Crippen LogP contribution < -0.4 is 5.32 Å². The lowest BCUT2D eigenvalue weighted by molar-refractivity contribution is 0.407. The fourth-order valence-corrected chi connectivity index (χ4v) is 4.37. The fourth-order valence-electron chi connectivity index (χ4n) is 4.37. The van der Waals surface area contributed by atoms with E-state index in [0.717, 1.165) is 23.8 Å². The van der Waals surface area contributed by atoms with Crippen molar-refractivity contribution in [2.24, 2.45) is 17.8 Å². The molecule has 0 heterocycles. The van der Waals surface area contributed by atoms with Crippen LogP contribution in [0.2, 0.25) is 0 Å². The summed E-state index contributed by atoms with van der Waals surface area (Å²) in [5.41, 5.74) is 1.50. The van der Waals surface area contributed by atoms with Crippen molar-refractivity contribution in [3.8, 4) is 0 Å². The third kappa shape index (κ3) is 3.25. The first-order valence-corrected chi connectivity index (χ1v) is 8.67. The molecule has 2 saturated carbocycles. The summed E-state index contributed by atoms with van der Waals surface area (Å²) >= 11 is 0. The quantitative estimate of drug-likeness (QED) is 0.774. The summed E-state index contributed by atoms with van der Waals surface area (Å²) in [4.78, 5) is 0. The molecule has 0 aliphatic heterocycles. The topological polar surface area (TPSA) is 12.0 Å². The molecule has 0 spiro atoms. The van der Waals surface area contributed by atoms with Crippen molar-refractivity contribution in [2.75, 3.05) is 6.54 Å². The van der Waals surface area contributed by atoms with E-state index in [-0.39, 0.29) is 0 Å². The summed E-state index contributed by atoms with van der Waals surface area (Å²) in [5, 5.41) is 3.86. The van der Waals surface area contributed by atoms with E-state index in [9.17, 15) is 0 Å². The van der Waals surface area contributed by atoms with Crippen LogP contribution in [-0.2, 0) is 6.42 Å². The van der Waals surface area contributed by atoms with Crippen LogP contribution in [-0.4, -0.2) is 12.6 Å². The van der Waals surface area contributed by atoms with Gasteiger partial charge < -0.3 is 5.32 Å². The highest BCUT2D eigenvalue weighted by atomic mass is 14.9. The van der Waals surface area contributed by atoms with Gasteiger partial charge in [-0.25, -0.2) is 0 Å². The van der Waals surface area contributed by atoms with Crippen molar-refractivity contribution in [3.63, 3.8) is 0 Å². The Balaban J connectivity index is 1.56. The average Bonchev–Trinajstić information content (AvgIpc) is 3.23. The van der Waals surface area contributed by atoms with Crippen LogP contribution in [0.3, 0.4) is 0 Å². The Labute approximate surface area is 124 Å². The van der Waals surface area contributed by atoms with E-state index in [2.05, 4.69) is 42.6 Å². The maximum absolute atomic E-state index is 3.86. The molecule has 1 heteroatoms. The zero-order valence-corrected chi connectivity index (χ0v) is 12.9. The number of hydrogen-bond acceptors (Lipinski definition) is 1. The molecule has 0 saturated heterocycles. The van der Waals surface area contributed by atoms with E-state index < -0.39 is 0 Å². The highest BCUT2D eigenvalue weighted by molar-refractivity contribution is 5.15. The second kappa shape index (κ2) is 6.76. The Morgan fingerprint density at radius 2 is 1.80 bits per heavy atom. The standard InChI is InChI=1S/C19H29N/c1-2-14-20-18(13-12-15-8-4-3-5-9-15)19-16-10-6-7-11-17(16)19/h3-5,8-9,16-20H,2,6-7,10-14H2,1H3. The maximum atomic E-state index is 3.86. The van der Waals surface area contributed by atoms with Gasteiger partial charge in [0.05, 0.1) is 0 Å². The largest absolute Gasteiger partial charge is 0.314 e. The molecule has 20 heavy (non-hydrogen) atoms. The molecular weight excluding hydrogens is 242 g/mol. The van der Waals surface area contributed by atoms with Gasteiger partial charge in [0.1, 0.15) is 0 Å². The minimum Gasteiger partial charge on any atom is -0.314 e. The van der Waals surface area contributed by atoms with Gasteiger partial charge in [0.15, 0.2) is 0 Å². The van der Waals surface area contributed by atoms with E-state index in [1.807, 2.05) is 0 Å². The van der Waals surface area contributed by atoms with Crippen LogP contribution in [0.1, 0.15) is 51.0 Å². The SMILES string of the molecule is CCCNC(CCc1ccccc1)C1C2CCCCC21. The summed E-state index contributed by atoms with van der Waals surface area (Å²) in [6, 6.07) is 11.8. The van der Waals surface area contributed by atoms with Gasteiger partial charge >= 0.3 is 0 Å². The van der Waals surface area contributed by atoms with Gasteiger partial charge in [-0.3, -0.25) is 0 Å². The molecule has 2 aliphatic carbocycles. The molecule has 3 rings (SSSR count). The van der Waals surface area contributed by atoms with Gasteiger partial charge in [0.2, 0.25) is 0 Å². The van der Waals surface area contributed by atoms with Crippen LogP contribution in [0, 0.1) is 17.8 Å². The van der Waals surface area contributed by atoms with Crippen molar-refractivity contribution in [1.82, 2.24) is 5.32 Å². The minimum absolute atomic E-state index is 0.767. The minimum atomic E-state index is 0.767. The number of nitrogens with one attached hydrogen (secondary N) is 1. The predicted molar refractivity (Wildman–Crippen MR) is 85.8 cm³/mol. The van der Waals surface area contributed by atoms with Gasteiger partial charge in [0, 0.05) is 6.04 Å². The van der Waals surface area contributed by atoms with Gasteiger partial charge in [-0.1, -0.05) is 50.1 Å². The van der Waals surface area contributed by atoms with Crippen LogP contribution in [0.25, 0.3) is 0 Å². The monoisotopic (exact) mass is 271 g/mol. The van der Waals surface area contributed by atoms with Gasteiger partial charge in [-0.15, -0.1) is 0 Å².